The van der Waals surface area contributed by atoms with Gasteiger partial charge in [0.25, 0.3) is 10.0 Å². The predicted molar refractivity (Wildman–Crippen MR) is 161 cm³/mol. The summed E-state index contributed by atoms with van der Waals surface area (Å²) < 4.78 is 29.0. The molecule has 0 bridgehead atoms. The number of amides is 2. The van der Waals surface area contributed by atoms with Gasteiger partial charge in [-0.05, 0) is 94.1 Å². The summed E-state index contributed by atoms with van der Waals surface area (Å²) in [5.41, 5.74) is 3.91. The summed E-state index contributed by atoms with van der Waals surface area (Å²) in [6.07, 6.45) is 0.732. The SMILES string of the molecule is CC[C@@H](C)NC(=O)[C@@H](C)N(Cc1cccc(Cl)c1)C(=O)CN(c1ccc(C)c(C)c1)S(=O)(=O)c1ccc(C)cc1. The Morgan fingerprint density at radius 3 is 2.20 bits per heavy atom. The quantitative estimate of drug-likeness (QED) is 0.309. The number of nitrogens with zero attached hydrogens (tertiary/aromatic N) is 2. The van der Waals surface area contributed by atoms with Crippen LogP contribution in [0.4, 0.5) is 5.69 Å². The molecule has 7 nitrogen and oxygen atoms in total. The van der Waals surface area contributed by atoms with E-state index in [1.807, 2.05) is 46.8 Å². The molecule has 3 aromatic rings. The second kappa shape index (κ2) is 13.3. The van der Waals surface area contributed by atoms with E-state index in [0.717, 1.165) is 33.0 Å². The van der Waals surface area contributed by atoms with Crippen molar-refractivity contribution in [2.24, 2.45) is 0 Å². The number of aryl methyl sites for hydroxylation is 3. The smallest absolute Gasteiger partial charge is 0.264 e. The number of anilines is 1. The van der Waals surface area contributed by atoms with Gasteiger partial charge in [-0.3, -0.25) is 13.9 Å². The van der Waals surface area contributed by atoms with Crippen LogP contribution >= 0.6 is 11.6 Å². The second-order valence-electron chi connectivity index (χ2n) is 10.2. The number of nitrogens with one attached hydrogen (secondary N) is 1. The van der Waals surface area contributed by atoms with Gasteiger partial charge < -0.3 is 10.2 Å². The highest BCUT2D eigenvalue weighted by molar-refractivity contribution is 7.92. The molecule has 40 heavy (non-hydrogen) atoms. The first-order valence-corrected chi connectivity index (χ1v) is 15.2. The molecule has 0 saturated heterocycles. The van der Waals surface area contributed by atoms with Crippen LogP contribution in [0.3, 0.4) is 0 Å². The van der Waals surface area contributed by atoms with E-state index in [2.05, 4.69) is 5.32 Å². The normalized spacial score (nSPS) is 12.9. The zero-order chi connectivity index (χ0) is 29.6. The molecule has 0 aliphatic heterocycles. The van der Waals surface area contributed by atoms with Crippen LogP contribution in [0.2, 0.25) is 5.02 Å². The van der Waals surface area contributed by atoms with Crippen LogP contribution in [0.25, 0.3) is 0 Å². The Balaban J connectivity index is 2.05. The molecule has 0 heterocycles. The Kier molecular flexibility index (Phi) is 10.4. The summed E-state index contributed by atoms with van der Waals surface area (Å²) in [6, 6.07) is 17.9. The van der Waals surface area contributed by atoms with Gasteiger partial charge in [-0.2, -0.15) is 0 Å². The topological polar surface area (TPSA) is 86.8 Å². The van der Waals surface area contributed by atoms with Gasteiger partial charge in [0.1, 0.15) is 12.6 Å². The van der Waals surface area contributed by atoms with E-state index in [0.29, 0.717) is 10.7 Å². The van der Waals surface area contributed by atoms with E-state index in [1.54, 1.807) is 49.4 Å². The number of halogens is 1. The molecule has 0 aliphatic rings. The minimum Gasteiger partial charge on any atom is -0.352 e. The van der Waals surface area contributed by atoms with E-state index in [4.69, 9.17) is 11.6 Å². The molecule has 3 rings (SSSR count). The van der Waals surface area contributed by atoms with Crippen LogP contribution in [0.5, 0.6) is 0 Å². The van der Waals surface area contributed by atoms with Crippen LogP contribution in [0.15, 0.2) is 71.6 Å². The zero-order valence-corrected chi connectivity index (χ0v) is 25.5. The Labute approximate surface area is 243 Å². The number of sulfonamides is 1. The van der Waals surface area contributed by atoms with Crippen molar-refractivity contribution >= 4 is 39.1 Å². The number of benzene rings is 3. The lowest BCUT2D eigenvalue weighted by Gasteiger charge is -2.32. The zero-order valence-electron chi connectivity index (χ0n) is 23.9. The van der Waals surface area contributed by atoms with Crippen LogP contribution in [-0.2, 0) is 26.2 Å². The Morgan fingerprint density at radius 2 is 1.60 bits per heavy atom. The Morgan fingerprint density at radius 1 is 0.925 bits per heavy atom. The van der Waals surface area contributed by atoms with Gasteiger partial charge in [0.2, 0.25) is 11.8 Å². The lowest BCUT2D eigenvalue weighted by atomic mass is 10.1. The highest BCUT2D eigenvalue weighted by atomic mass is 35.5. The third-order valence-electron chi connectivity index (χ3n) is 7.08. The molecule has 0 saturated carbocycles. The molecular formula is C31H38ClN3O4S. The van der Waals surface area contributed by atoms with Crippen molar-refractivity contribution in [2.45, 2.75) is 71.5 Å². The molecule has 1 N–H and O–H groups in total. The van der Waals surface area contributed by atoms with Gasteiger partial charge in [-0.25, -0.2) is 8.42 Å². The summed E-state index contributed by atoms with van der Waals surface area (Å²) in [6.45, 7) is 10.8. The average Bonchev–Trinajstić information content (AvgIpc) is 2.91. The van der Waals surface area contributed by atoms with Crippen molar-refractivity contribution in [3.63, 3.8) is 0 Å². The van der Waals surface area contributed by atoms with Gasteiger partial charge in [0.15, 0.2) is 0 Å². The van der Waals surface area contributed by atoms with Crippen LogP contribution in [0.1, 0.15) is 49.4 Å². The van der Waals surface area contributed by atoms with Gasteiger partial charge in [0.05, 0.1) is 10.6 Å². The molecule has 0 unspecified atom stereocenters. The molecule has 0 spiro atoms. The first-order chi connectivity index (χ1) is 18.8. The molecule has 9 heteroatoms. The van der Waals surface area contributed by atoms with E-state index in [9.17, 15) is 18.0 Å². The summed E-state index contributed by atoms with van der Waals surface area (Å²) in [5, 5.41) is 3.43. The van der Waals surface area contributed by atoms with Crippen molar-refractivity contribution < 1.29 is 18.0 Å². The Bertz CT molecular complexity index is 1460. The van der Waals surface area contributed by atoms with Gasteiger partial charge >= 0.3 is 0 Å². The van der Waals surface area contributed by atoms with Crippen LogP contribution in [0, 0.1) is 20.8 Å². The maximum atomic E-state index is 14.0. The van der Waals surface area contributed by atoms with Crippen LogP contribution in [-0.4, -0.2) is 43.8 Å². The summed E-state index contributed by atoms with van der Waals surface area (Å²) >= 11 is 6.20. The molecule has 3 aromatic carbocycles. The van der Waals surface area contributed by atoms with Crippen molar-refractivity contribution in [1.82, 2.24) is 10.2 Å². The van der Waals surface area contributed by atoms with Gasteiger partial charge in [-0.15, -0.1) is 0 Å². The molecular weight excluding hydrogens is 546 g/mol. The number of hydrogen-bond donors (Lipinski definition) is 1. The molecule has 214 valence electrons. The van der Waals surface area contributed by atoms with E-state index in [-0.39, 0.29) is 23.4 Å². The third-order valence-corrected chi connectivity index (χ3v) is 9.10. The summed E-state index contributed by atoms with van der Waals surface area (Å²) in [5.74, 6) is -0.829. The molecule has 0 aliphatic carbocycles. The van der Waals surface area contributed by atoms with Gasteiger partial charge in [0, 0.05) is 17.6 Å². The third kappa shape index (κ3) is 7.64. The monoisotopic (exact) mass is 583 g/mol. The molecule has 2 atom stereocenters. The molecule has 0 radical (unpaired) electrons. The first kappa shape index (κ1) is 31.2. The summed E-state index contributed by atoms with van der Waals surface area (Å²) in [7, 11) is -4.11. The highest BCUT2D eigenvalue weighted by Crippen LogP contribution is 2.27. The fourth-order valence-electron chi connectivity index (χ4n) is 4.13. The maximum Gasteiger partial charge on any atom is 0.264 e. The van der Waals surface area contributed by atoms with E-state index in [1.165, 1.54) is 17.0 Å². The fourth-order valence-corrected chi connectivity index (χ4v) is 5.75. The minimum atomic E-state index is -4.11. The highest BCUT2D eigenvalue weighted by Gasteiger charge is 2.33. The average molecular weight is 584 g/mol. The Hall–Kier alpha value is -3.36. The standard InChI is InChI=1S/C31H38ClN3O4S/c1-7-24(5)33-31(37)25(6)34(19-26-9-8-10-27(32)18-26)30(36)20-35(28-14-13-22(3)23(4)17-28)40(38,39)29-15-11-21(2)12-16-29/h8-18,24-25H,7,19-20H2,1-6H3,(H,33,37)/t24-,25-/m1/s1. The summed E-state index contributed by atoms with van der Waals surface area (Å²) in [4.78, 5) is 28.6. The van der Waals surface area contributed by atoms with Gasteiger partial charge in [-0.1, -0.05) is 54.4 Å². The molecule has 2 amide bonds. The number of rotatable bonds is 11. The number of carbonyl (C=O) groups excluding carboxylic acids is 2. The minimum absolute atomic E-state index is 0.0768. The van der Waals surface area contributed by atoms with Crippen molar-refractivity contribution in [1.29, 1.82) is 0 Å². The van der Waals surface area contributed by atoms with Crippen molar-refractivity contribution in [3.8, 4) is 0 Å². The molecule has 0 fully saturated rings. The molecule has 0 aromatic heterocycles. The fraction of sp³-hybridized carbons (Fsp3) is 0.355. The largest absolute Gasteiger partial charge is 0.352 e. The van der Waals surface area contributed by atoms with Crippen molar-refractivity contribution in [2.75, 3.05) is 10.8 Å². The predicted octanol–water partition coefficient (Wildman–Crippen LogP) is 5.79. The second-order valence-corrected chi connectivity index (χ2v) is 12.5. The number of hydrogen-bond acceptors (Lipinski definition) is 4. The lowest BCUT2D eigenvalue weighted by Crippen LogP contribution is -2.52. The van der Waals surface area contributed by atoms with Crippen molar-refractivity contribution in [3.05, 3.63) is 94.0 Å². The first-order valence-electron chi connectivity index (χ1n) is 13.3. The van der Waals surface area contributed by atoms with E-state index >= 15 is 0 Å². The number of carbonyl (C=O) groups is 2. The maximum absolute atomic E-state index is 14.0. The van der Waals surface area contributed by atoms with Crippen LogP contribution < -0.4 is 9.62 Å². The lowest BCUT2D eigenvalue weighted by molar-refractivity contribution is -0.139. The van der Waals surface area contributed by atoms with E-state index < -0.39 is 28.5 Å².